The first-order valence-corrected chi connectivity index (χ1v) is 15.1. The van der Waals surface area contributed by atoms with Gasteiger partial charge < -0.3 is 18.9 Å². The van der Waals surface area contributed by atoms with E-state index < -0.39 is 72.7 Å². The van der Waals surface area contributed by atoms with Crippen LogP contribution >= 0.6 is 0 Å². The van der Waals surface area contributed by atoms with Crippen molar-refractivity contribution in [3.05, 3.63) is 83.4 Å². The third-order valence-corrected chi connectivity index (χ3v) is 7.14. The summed E-state index contributed by atoms with van der Waals surface area (Å²) < 4.78 is 137. The summed E-state index contributed by atoms with van der Waals surface area (Å²) in [4.78, 5) is 25.0. The number of esters is 2. The maximum absolute atomic E-state index is 14.6. The number of alkyl halides is 7. The van der Waals surface area contributed by atoms with E-state index in [-0.39, 0.29) is 11.9 Å². The molecule has 3 aromatic carbocycles. The Bertz CT molecular complexity index is 1540. The molecule has 3 rings (SSSR count). The SMILES string of the molecule is CCCCCC[C@H](C)OC(=O)c1ccc(-c2ccc(OC(=O)c3ccc(OCCOCC(F)(F)C(F)(F)C(F)(F)F)c(F)c3F)cc2)cc1. The minimum Gasteiger partial charge on any atom is -0.488 e. The van der Waals surface area contributed by atoms with Crippen LogP contribution in [0.3, 0.4) is 0 Å². The van der Waals surface area contributed by atoms with E-state index in [1.54, 1.807) is 36.4 Å². The molecule has 0 radical (unpaired) electrons. The normalized spacial score (nSPS) is 12.8. The first-order chi connectivity index (χ1) is 23.0. The lowest BCUT2D eigenvalue weighted by atomic mass is 10.0. The van der Waals surface area contributed by atoms with Crippen LogP contribution in [0, 0.1) is 11.6 Å². The maximum Gasteiger partial charge on any atom is 0.459 e. The highest BCUT2D eigenvalue weighted by atomic mass is 19.4. The Labute approximate surface area is 276 Å². The summed E-state index contributed by atoms with van der Waals surface area (Å²) in [6, 6.07) is 14.2. The Hall–Kier alpha value is -4.27. The molecular weight excluding hydrogens is 675 g/mol. The number of carbonyl (C=O) groups excluding carboxylic acids is 2. The summed E-state index contributed by atoms with van der Waals surface area (Å²) in [6.45, 7) is -0.186. The lowest BCUT2D eigenvalue weighted by Gasteiger charge is -2.27. The average molecular weight is 709 g/mol. The van der Waals surface area contributed by atoms with Crippen LogP contribution in [0.2, 0.25) is 0 Å². The van der Waals surface area contributed by atoms with Crippen LogP contribution in [0.1, 0.15) is 66.7 Å². The van der Waals surface area contributed by atoms with Crippen molar-refractivity contribution in [2.45, 2.75) is 70.1 Å². The number of halogens is 9. The molecule has 0 saturated heterocycles. The van der Waals surface area contributed by atoms with Gasteiger partial charge in [0, 0.05) is 0 Å². The molecule has 1 atom stereocenters. The largest absolute Gasteiger partial charge is 0.488 e. The predicted molar refractivity (Wildman–Crippen MR) is 159 cm³/mol. The van der Waals surface area contributed by atoms with Crippen molar-refractivity contribution in [1.29, 1.82) is 0 Å². The summed E-state index contributed by atoms with van der Waals surface area (Å²) in [5, 5.41) is 0. The zero-order valence-electron chi connectivity index (χ0n) is 26.4. The van der Waals surface area contributed by atoms with Gasteiger partial charge in [0.15, 0.2) is 11.6 Å². The molecule has 0 aromatic heterocycles. The van der Waals surface area contributed by atoms with Gasteiger partial charge >= 0.3 is 30.0 Å². The van der Waals surface area contributed by atoms with E-state index in [1.807, 2.05) is 6.92 Å². The van der Waals surface area contributed by atoms with Crippen LogP contribution in [-0.4, -0.2) is 55.9 Å². The highest BCUT2D eigenvalue weighted by Gasteiger charge is 2.73. The van der Waals surface area contributed by atoms with Crippen molar-refractivity contribution in [1.82, 2.24) is 0 Å². The van der Waals surface area contributed by atoms with E-state index in [0.717, 1.165) is 49.8 Å². The van der Waals surface area contributed by atoms with Gasteiger partial charge in [0.05, 0.1) is 23.8 Å². The smallest absolute Gasteiger partial charge is 0.459 e. The first kappa shape index (κ1) is 39.2. The molecule has 49 heavy (non-hydrogen) atoms. The molecule has 6 nitrogen and oxygen atoms in total. The Morgan fingerprint density at radius 3 is 1.94 bits per heavy atom. The number of carbonyl (C=O) groups is 2. The zero-order valence-corrected chi connectivity index (χ0v) is 26.4. The molecule has 0 fully saturated rings. The zero-order chi connectivity index (χ0) is 36.4. The van der Waals surface area contributed by atoms with Crippen LogP contribution < -0.4 is 9.47 Å². The van der Waals surface area contributed by atoms with E-state index in [1.165, 1.54) is 12.1 Å². The molecule has 0 spiro atoms. The molecule has 0 aliphatic heterocycles. The lowest BCUT2D eigenvalue weighted by Crippen LogP contribution is -2.54. The number of hydrogen-bond acceptors (Lipinski definition) is 6. The summed E-state index contributed by atoms with van der Waals surface area (Å²) >= 11 is 0. The van der Waals surface area contributed by atoms with Crippen LogP contribution in [0.15, 0.2) is 60.7 Å². The highest BCUT2D eigenvalue weighted by molar-refractivity contribution is 5.92. The van der Waals surface area contributed by atoms with Crippen LogP contribution in [0.4, 0.5) is 39.5 Å². The Balaban J connectivity index is 1.52. The summed E-state index contributed by atoms with van der Waals surface area (Å²) in [6.07, 6.45) is -1.65. The highest BCUT2D eigenvalue weighted by Crippen LogP contribution is 2.46. The molecular formula is C34H33F9O6. The topological polar surface area (TPSA) is 71.1 Å². The molecule has 3 aromatic rings. The maximum atomic E-state index is 14.6. The molecule has 0 unspecified atom stereocenters. The molecule has 0 bridgehead atoms. The molecule has 0 saturated carbocycles. The van der Waals surface area contributed by atoms with Gasteiger partial charge in [-0.3, -0.25) is 0 Å². The van der Waals surface area contributed by atoms with Gasteiger partial charge in [-0.25, -0.2) is 14.0 Å². The summed E-state index contributed by atoms with van der Waals surface area (Å²) in [5.41, 5.74) is 0.955. The van der Waals surface area contributed by atoms with E-state index in [2.05, 4.69) is 11.7 Å². The number of hydrogen-bond donors (Lipinski definition) is 0. The minimum atomic E-state index is -6.53. The van der Waals surface area contributed by atoms with Crippen molar-refractivity contribution >= 4 is 11.9 Å². The van der Waals surface area contributed by atoms with Crippen LogP contribution in [0.25, 0.3) is 11.1 Å². The molecule has 0 aliphatic rings. The van der Waals surface area contributed by atoms with Crippen molar-refractivity contribution in [3.63, 3.8) is 0 Å². The van der Waals surface area contributed by atoms with E-state index in [4.69, 9.17) is 14.2 Å². The third-order valence-electron chi connectivity index (χ3n) is 7.14. The summed E-state index contributed by atoms with van der Waals surface area (Å²) in [7, 11) is 0. The van der Waals surface area contributed by atoms with Gasteiger partial charge in [0.25, 0.3) is 0 Å². The second kappa shape index (κ2) is 16.9. The quantitative estimate of drug-likeness (QED) is 0.0602. The molecule has 0 amide bonds. The Morgan fingerprint density at radius 2 is 1.35 bits per heavy atom. The summed E-state index contributed by atoms with van der Waals surface area (Å²) in [5.74, 6) is -17.9. The average Bonchev–Trinajstić information content (AvgIpc) is 3.04. The van der Waals surface area contributed by atoms with Gasteiger partial charge in [-0.15, -0.1) is 0 Å². The fraction of sp³-hybridized carbons (Fsp3) is 0.412. The van der Waals surface area contributed by atoms with Gasteiger partial charge in [-0.05, 0) is 67.3 Å². The van der Waals surface area contributed by atoms with Crippen LogP contribution in [-0.2, 0) is 9.47 Å². The van der Waals surface area contributed by atoms with Crippen molar-refractivity contribution < 1.29 is 68.1 Å². The fourth-order valence-corrected chi connectivity index (χ4v) is 4.35. The minimum absolute atomic E-state index is 0.0212. The number of benzene rings is 3. The standard InChI is InChI=1S/C34H33F9O6/c1-3-4-5-6-7-21(2)48-30(44)24-10-8-22(9-11-24)23-12-14-25(15-13-23)49-31(45)26-16-17-27(29(36)28(26)35)47-19-18-46-20-32(37,38)33(39,40)34(41,42)43/h8-17,21H,3-7,18-20H2,1-2H3/t21-/m0/s1. The van der Waals surface area contributed by atoms with Gasteiger partial charge in [-0.1, -0.05) is 50.5 Å². The molecule has 15 heteroatoms. The second-order valence-corrected chi connectivity index (χ2v) is 11.0. The molecule has 0 aliphatic carbocycles. The van der Waals surface area contributed by atoms with Crippen LogP contribution in [0.5, 0.6) is 11.5 Å². The Kier molecular flexibility index (Phi) is 13.5. The van der Waals surface area contributed by atoms with Gasteiger partial charge in [0.1, 0.15) is 19.0 Å². The number of unbranched alkanes of at least 4 members (excludes halogenated alkanes) is 3. The van der Waals surface area contributed by atoms with Crippen molar-refractivity contribution in [2.24, 2.45) is 0 Å². The van der Waals surface area contributed by atoms with E-state index in [0.29, 0.717) is 11.1 Å². The molecule has 268 valence electrons. The molecule has 0 heterocycles. The Morgan fingerprint density at radius 1 is 0.735 bits per heavy atom. The van der Waals surface area contributed by atoms with Crippen molar-refractivity contribution in [3.8, 4) is 22.6 Å². The molecule has 0 N–H and O–H groups in total. The first-order valence-electron chi connectivity index (χ1n) is 15.1. The predicted octanol–water partition coefficient (Wildman–Crippen LogP) is 9.59. The third kappa shape index (κ3) is 10.4. The number of rotatable bonds is 17. The van der Waals surface area contributed by atoms with Crippen molar-refractivity contribution in [2.75, 3.05) is 19.8 Å². The monoisotopic (exact) mass is 708 g/mol. The fourth-order valence-electron chi connectivity index (χ4n) is 4.35. The van der Waals surface area contributed by atoms with E-state index in [9.17, 15) is 49.1 Å². The second-order valence-electron chi connectivity index (χ2n) is 11.0. The number of ether oxygens (including phenoxy) is 4. The van der Waals surface area contributed by atoms with Gasteiger partial charge in [0.2, 0.25) is 5.82 Å². The lowest BCUT2D eigenvalue weighted by molar-refractivity contribution is -0.361. The van der Waals surface area contributed by atoms with Gasteiger partial charge in [-0.2, -0.15) is 35.1 Å². The van der Waals surface area contributed by atoms with E-state index >= 15 is 0 Å².